The smallest absolute Gasteiger partial charge is 0.416 e. The molecule has 4 heterocycles. The lowest BCUT2D eigenvalue weighted by molar-refractivity contribution is -0.138. The van der Waals surface area contributed by atoms with Gasteiger partial charge >= 0.3 is 12.4 Å². The summed E-state index contributed by atoms with van der Waals surface area (Å²) in [5.41, 5.74) is 1.35. The van der Waals surface area contributed by atoms with Crippen molar-refractivity contribution in [3.63, 3.8) is 0 Å². The van der Waals surface area contributed by atoms with Gasteiger partial charge in [0.05, 0.1) is 60.6 Å². The molecule has 17 heteroatoms. The summed E-state index contributed by atoms with van der Waals surface area (Å²) in [6.07, 6.45) is -0.878. The molecule has 0 unspecified atom stereocenters. The number of nitrogens with zero attached hydrogens (tertiary/aromatic N) is 4. The number of H-pyrrole nitrogens is 2. The second-order valence-corrected chi connectivity index (χ2v) is 16.5. The summed E-state index contributed by atoms with van der Waals surface area (Å²) >= 11 is 0. The highest BCUT2D eigenvalue weighted by Gasteiger charge is 2.34. The van der Waals surface area contributed by atoms with E-state index >= 15 is 0 Å². The lowest BCUT2D eigenvalue weighted by Crippen LogP contribution is -2.12. The highest BCUT2D eigenvalue weighted by Crippen LogP contribution is 2.40. The monoisotopic (exact) mass is 880 g/mol. The molecule has 0 fully saturated rings. The number of hydrogen-bond donors (Lipinski definition) is 2. The predicted octanol–water partition coefficient (Wildman–Crippen LogP) is 11.1. The second-order valence-electron chi connectivity index (χ2n) is 14.4. The molecule has 0 amide bonds. The van der Waals surface area contributed by atoms with Crippen molar-refractivity contribution in [3.8, 4) is 79.0 Å². The van der Waals surface area contributed by atoms with Crippen LogP contribution in [0.5, 0.6) is 11.5 Å². The number of rotatable bonds is 12. The number of pyridine rings is 2. The van der Waals surface area contributed by atoms with Gasteiger partial charge in [0.25, 0.3) is 0 Å². The van der Waals surface area contributed by atoms with Crippen LogP contribution < -0.4 is 9.47 Å². The molecule has 0 aliphatic rings. The van der Waals surface area contributed by atoms with E-state index in [1.54, 1.807) is 61.2 Å². The Kier molecular flexibility index (Phi) is 11.4. The number of nitrogens with one attached hydrogen (secondary N) is 2. The van der Waals surface area contributed by atoms with Crippen molar-refractivity contribution < 1.29 is 44.2 Å². The second kappa shape index (κ2) is 16.9. The van der Waals surface area contributed by atoms with Crippen LogP contribution in [0.1, 0.15) is 22.3 Å². The number of ether oxygens (including phenoxy) is 2. The lowest BCUT2D eigenvalue weighted by Gasteiger charge is -2.14. The summed E-state index contributed by atoms with van der Waals surface area (Å²) in [7, 11) is -1.36. The van der Waals surface area contributed by atoms with Gasteiger partial charge in [0, 0.05) is 58.2 Å². The largest absolute Gasteiger partial charge is 0.496 e. The van der Waals surface area contributed by atoms with E-state index in [2.05, 4.69) is 29.9 Å². The van der Waals surface area contributed by atoms with Crippen molar-refractivity contribution in [1.29, 1.82) is 0 Å². The first-order valence-corrected chi connectivity index (χ1v) is 20.8. The van der Waals surface area contributed by atoms with Gasteiger partial charge in [-0.2, -0.15) is 26.3 Å². The number of sulfone groups is 1. The van der Waals surface area contributed by atoms with E-state index in [9.17, 15) is 34.8 Å². The molecule has 10 nitrogen and oxygen atoms in total. The quantitative estimate of drug-likeness (QED) is 0.116. The number of halogens is 6. The molecule has 8 aromatic rings. The van der Waals surface area contributed by atoms with Crippen molar-refractivity contribution in [3.05, 3.63) is 156 Å². The minimum Gasteiger partial charge on any atom is -0.496 e. The third kappa shape index (κ3) is 9.18. The van der Waals surface area contributed by atoms with Gasteiger partial charge in [0.2, 0.25) is 0 Å². The number of methoxy groups -OCH3 is 2. The van der Waals surface area contributed by atoms with E-state index in [0.717, 1.165) is 12.1 Å². The van der Waals surface area contributed by atoms with Gasteiger partial charge in [0.1, 0.15) is 23.1 Å². The van der Waals surface area contributed by atoms with Crippen LogP contribution in [-0.2, 0) is 33.7 Å². The number of para-hydroxylation sites is 2. The van der Waals surface area contributed by atoms with E-state index < -0.39 is 44.8 Å². The Morgan fingerprint density at radius 3 is 1.33 bits per heavy atom. The molecule has 8 rings (SSSR count). The van der Waals surface area contributed by atoms with Crippen LogP contribution in [0, 0.1) is 0 Å². The molecule has 2 N–H and O–H groups in total. The van der Waals surface area contributed by atoms with E-state index in [-0.39, 0.29) is 45.3 Å². The number of imidazole rings is 2. The molecule has 0 saturated carbocycles. The highest BCUT2D eigenvalue weighted by molar-refractivity contribution is 7.89. The number of alkyl halides is 6. The highest BCUT2D eigenvalue weighted by atomic mass is 32.2. The Labute approximate surface area is 356 Å². The normalized spacial score (nSPS) is 12.1. The molecule has 4 aromatic heterocycles. The van der Waals surface area contributed by atoms with Crippen LogP contribution in [0.15, 0.2) is 134 Å². The van der Waals surface area contributed by atoms with Crippen molar-refractivity contribution in [2.45, 2.75) is 23.9 Å². The van der Waals surface area contributed by atoms with Crippen molar-refractivity contribution in [1.82, 2.24) is 29.9 Å². The molecular formula is C46H34F6N6O4S. The van der Waals surface area contributed by atoms with Crippen LogP contribution in [0.2, 0.25) is 0 Å². The van der Waals surface area contributed by atoms with Crippen molar-refractivity contribution >= 4 is 9.84 Å². The summed E-state index contributed by atoms with van der Waals surface area (Å²) in [5, 5.41) is 0. The molecule has 0 bridgehead atoms. The number of benzene rings is 4. The maximum atomic E-state index is 14.3. The number of aromatic amines is 2. The lowest BCUT2D eigenvalue weighted by atomic mass is 10.0. The average molecular weight is 881 g/mol. The zero-order chi connectivity index (χ0) is 44.5. The topological polar surface area (TPSA) is 136 Å². The van der Waals surface area contributed by atoms with Crippen LogP contribution >= 0.6 is 0 Å². The molecular weight excluding hydrogens is 847 g/mol. The van der Waals surface area contributed by atoms with Crippen LogP contribution in [0.25, 0.3) is 67.5 Å². The van der Waals surface area contributed by atoms with Crippen molar-refractivity contribution in [2.24, 2.45) is 0 Å². The summed E-state index contributed by atoms with van der Waals surface area (Å²) in [6, 6.07) is 23.6. The zero-order valence-electron chi connectivity index (χ0n) is 33.2. The van der Waals surface area contributed by atoms with Gasteiger partial charge in [-0.05, 0) is 82.9 Å². The minimum atomic E-state index is -4.87. The van der Waals surface area contributed by atoms with Gasteiger partial charge < -0.3 is 19.4 Å². The standard InChI is InChI=1S/C46H34F6N6O4S/c1-61-41-9-5-3-7-35(41)33-11-13-53-21-37(33)43-55-23-39(57-43)29-15-27(17-31(19-29)45(47,48)49)25-63(59,60)26-28-16-30(20-32(18-28)46(50,51)52)40-24-56-44(58-40)38-22-54-14-12-34(38)36-8-4-6-10-42(36)62-2/h3-24H,25-26H2,1-2H3,(H,55,57)(H,56,58). The van der Waals surface area contributed by atoms with Crippen LogP contribution in [-0.4, -0.2) is 52.5 Å². The van der Waals surface area contributed by atoms with Gasteiger partial charge in [0.15, 0.2) is 9.84 Å². The maximum absolute atomic E-state index is 14.3. The molecule has 4 aromatic carbocycles. The van der Waals surface area contributed by atoms with Gasteiger partial charge in [-0.15, -0.1) is 0 Å². The molecule has 0 radical (unpaired) electrons. The maximum Gasteiger partial charge on any atom is 0.416 e. The van der Waals surface area contributed by atoms with Crippen LogP contribution in [0.4, 0.5) is 26.3 Å². The molecule has 0 spiro atoms. The molecule has 63 heavy (non-hydrogen) atoms. The van der Waals surface area contributed by atoms with E-state index in [4.69, 9.17) is 9.47 Å². The van der Waals surface area contributed by atoms with Crippen LogP contribution in [0.3, 0.4) is 0 Å². The van der Waals surface area contributed by atoms with E-state index in [1.807, 2.05) is 24.3 Å². The summed E-state index contributed by atoms with van der Waals surface area (Å²) in [6.45, 7) is 0. The third-order valence-corrected chi connectivity index (χ3v) is 11.7. The zero-order valence-corrected chi connectivity index (χ0v) is 34.0. The first kappa shape index (κ1) is 42.4. The summed E-state index contributed by atoms with van der Waals surface area (Å²) in [5.74, 6) is -0.161. The SMILES string of the molecule is COc1ccccc1-c1ccncc1-c1ncc(-c2cc(CS(=O)(=O)Cc3cc(-c4cnc(-c5cnccc5-c5ccccc5OC)[nH]4)cc(C(F)(F)F)c3)cc(C(F)(F)F)c2)[nH]1. The summed E-state index contributed by atoms with van der Waals surface area (Å²) < 4.78 is 125. The van der Waals surface area contributed by atoms with Gasteiger partial charge in [-0.3, -0.25) is 9.97 Å². The number of hydrogen-bond acceptors (Lipinski definition) is 8. The predicted molar refractivity (Wildman–Crippen MR) is 225 cm³/mol. The third-order valence-electron chi connectivity index (χ3n) is 10.1. The van der Waals surface area contributed by atoms with E-state index in [1.165, 1.54) is 38.7 Å². The average Bonchev–Trinajstić information content (AvgIpc) is 3.97. The minimum absolute atomic E-state index is 0.0182. The number of aromatic nitrogens is 6. The van der Waals surface area contributed by atoms with Gasteiger partial charge in [-0.1, -0.05) is 36.4 Å². The van der Waals surface area contributed by atoms with Gasteiger partial charge in [-0.25, -0.2) is 18.4 Å². The molecule has 320 valence electrons. The fourth-order valence-electron chi connectivity index (χ4n) is 7.33. The Bertz CT molecular complexity index is 2870. The molecule has 0 saturated heterocycles. The van der Waals surface area contributed by atoms with E-state index in [0.29, 0.717) is 57.0 Å². The fourth-order valence-corrected chi connectivity index (χ4v) is 8.78. The first-order chi connectivity index (χ1) is 30.1. The Morgan fingerprint density at radius 2 is 0.937 bits per heavy atom. The Hall–Kier alpha value is -7.27. The molecule has 0 atom stereocenters. The molecule has 0 aliphatic heterocycles. The first-order valence-electron chi connectivity index (χ1n) is 19.0. The fraction of sp³-hybridized carbons (Fsp3) is 0.130. The Balaban J connectivity index is 1.10. The molecule has 0 aliphatic carbocycles. The van der Waals surface area contributed by atoms with Crippen molar-refractivity contribution in [2.75, 3.05) is 14.2 Å². The summed E-state index contributed by atoms with van der Waals surface area (Å²) in [4.78, 5) is 23.3. The Morgan fingerprint density at radius 1 is 0.524 bits per heavy atom.